The molecule has 3 nitrogen and oxygen atoms in total. The van der Waals surface area contributed by atoms with Gasteiger partial charge in [0.05, 0.1) is 6.54 Å². The average Bonchev–Trinajstić information content (AvgIpc) is 2.60. The first-order chi connectivity index (χ1) is 8.60. The van der Waals surface area contributed by atoms with Crippen molar-refractivity contribution < 1.29 is 4.79 Å². The van der Waals surface area contributed by atoms with E-state index in [-0.39, 0.29) is 16.9 Å². The summed E-state index contributed by atoms with van der Waals surface area (Å²) in [7, 11) is 0. The smallest absolute Gasteiger partial charge is 0.251 e. The Morgan fingerprint density at radius 2 is 1.74 bits per heavy atom. The molecule has 2 rings (SSSR count). The van der Waals surface area contributed by atoms with Gasteiger partial charge >= 0.3 is 0 Å². The van der Waals surface area contributed by atoms with Crippen molar-refractivity contribution >= 4 is 12.1 Å². The predicted molar refractivity (Wildman–Crippen MR) is 79.4 cm³/mol. The van der Waals surface area contributed by atoms with Crippen molar-refractivity contribution in [3.8, 4) is 0 Å². The SMILES string of the molecule is CC(C)(C)C1=CC2=C(C=NC2)CN(C(C)(C)C)C1=O. The lowest BCUT2D eigenvalue weighted by atomic mass is 9.84. The molecule has 0 saturated carbocycles. The van der Waals surface area contributed by atoms with Crippen LogP contribution in [0.3, 0.4) is 0 Å². The summed E-state index contributed by atoms with van der Waals surface area (Å²) >= 11 is 0. The highest BCUT2D eigenvalue weighted by Crippen LogP contribution is 2.34. The fourth-order valence-electron chi connectivity index (χ4n) is 2.42. The van der Waals surface area contributed by atoms with Gasteiger partial charge < -0.3 is 4.90 Å². The number of hydrogen-bond donors (Lipinski definition) is 0. The van der Waals surface area contributed by atoms with Crippen LogP contribution in [0.2, 0.25) is 0 Å². The van der Waals surface area contributed by atoms with Gasteiger partial charge in [0, 0.05) is 23.9 Å². The number of aliphatic imine (C=N–C) groups is 1. The second kappa shape index (κ2) is 4.32. The topological polar surface area (TPSA) is 32.7 Å². The van der Waals surface area contributed by atoms with Crippen molar-refractivity contribution in [1.82, 2.24) is 4.90 Å². The van der Waals surface area contributed by atoms with Crippen LogP contribution in [-0.4, -0.2) is 35.7 Å². The summed E-state index contributed by atoms with van der Waals surface area (Å²) in [6.45, 7) is 13.9. The summed E-state index contributed by atoms with van der Waals surface area (Å²) in [6, 6.07) is 0. The summed E-state index contributed by atoms with van der Waals surface area (Å²) in [6.07, 6.45) is 3.99. The Morgan fingerprint density at radius 1 is 1.11 bits per heavy atom. The maximum Gasteiger partial charge on any atom is 0.251 e. The van der Waals surface area contributed by atoms with Gasteiger partial charge in [0.1, 0.15) is 0 Å². The zero-order chi connectivity index (χ0) is 14.4. The molecule has 0 spiro atoms. The van der Waals surface area contributed by atoms with E-state index in [1.807, 2.05) is 11.1 Å². The fourth-order valence-corrected chi connectivity index (χ4v) is 2.42. The number of rotatable bonds is 0. The molecule has 0 fully saturated rings. The van der Waals surface area contributed by atoms with E-state index in [1.54, 1.807) is 0 Å². The van der Waals surface area contributed by atoms with E-state index < -0.39 is 0 Å². The highest BCUT2D eigenvalue weighted by molar-refractivity contribution is 5.98. The zero-order valence-corrected chi connectivity index (χ0v) is 12.9. The molecule has 104 valence electrons. The van der Waals surface area contributed by atoms with Gasteiger partial charge in [-0.1, -0.05) is 20.8 Å². The lowest BCUT2D eigenvalue weighted by Crippen LogP contribution is -2.48. The van der Waals surface area contributed by atoms with Crippen molar-refractivity contribution in [2.45, 2.75) is 47.1 Å². The predicted octanol–water partition coefficient (Wildman–Crippen LogP) is 2.98. The van der Waals surface area contributed by atoms with Crippen LogP contribution in [-0.2, 0) is 4.79 Å². The van der Waals surface area contributed by atoms with Gasteiger partial charge in [0.2, 0.25) is 0 Å². The van der Waals surface area contributed by atoms with Crippen LogP contribution >= 0.6 is 0 Å². The molecule has 0 N–H and O–H groups in total. The van der Waals surface area contributed by atoms with E-state index in [0.29, 0.717) is 13.1 Å². The molecule has 19 heavy (non-hydrogen) atoms. The number of carbonyl (C=O) groups excluding carboxylic acids is 1. The minimum Gasteiger partial charge on any atom is -0.330 e. The van der Waals surface area contributed by atoms with E-state index >= 15 is 0 Å². The molecule has 0 aromatic heterocycles. The van der Waals surface area contributed by atoms with Gasteiger partial charge in [-0.05, 0) is 43.4 Å². The van der Waals surface area contributed by atoms with Gasteiger partial charge in [0.15, 0.2) is 0 Å². The molecular weight excluding hydrogens is 236 g/mol. The van der Waals surface area contributed by atoms with Crippen molar-refractivity contribution in [3.05, 3.63) is 22.8 Å². The van der Waals surface area contributed by atoms with Gasteiger partial charge in [-0.3, -0.25) is 9.79 Å². The molecular formula is C16H24N2O. The number of carbonyl (C=O) groups is 1. The lowest BCUT2D eigenvalue weighted by Gasteiger charge is -2.37. The zero-order valence-electron chi connectivity index (χ0n) is 12.9. The second-order valence-electron chi connectivity index (χ2n) is 7.39. The molecule has 0 radical (unpaired) electrons. The van der Waals surface area contributed by atoms with Crippen molar-refractivity contribution in [1.29, 1.82) is 0 Å². The molecule has 0 aliphatic carbocycles. The fraction of sp³-hybridized carbons (Fsp3) is 0.625. The Bertz CT molecular complexity index is 496. The van der Waals surface area contributed by atoms with Gasteiger partial charge in [-0.2, -0.15) is 0 Å². The first-order valence-corrected chi connectivity index (χ1v) is 6.87. The Balaban J connectivity index is 2.52. The summed E-state index contributed by atoms with van der Waals surface area (Å²) in [5.74, 6) is 0.155. The van der Waals surface area contributed by atoms with Crippen LogP contribution < -0.4 is 0 Å². The molecule has 2 aliphatic rings. The summed E-state index contributed by atoms with van der Waals surface area (Å²) in [4.78, 5) is 19.2. The third-order valence-electron chi connectivity index (χ3n) is 3.66. The lowest BCUT2D eigenvalue weighted by molar-refractivity contribution is -0.132. The van der Waals surface area contributed by atoms with E-state index in [1.165, 1.54) is 11.1 Å². The molecule has 1 amide bonds. The summed E-state index contributed by atoms with van der Waals surface area (Å²) in [5, 5.41) is 0. The van der Waals surface area contributed by atoms with Crippen molar-refractivity contribution in [2.75, 3.05) is 13.1 Å². The third-order valence-corrected chi connectivity index (χ3v) is 3.66. The molecule has 0 aromatic rings. The third kappa shape index (κ3) is 2.65. The Hall–Kier alpha value is -1.38. The van der Waals surface area contributed by atoms with E-state index in [0.717, 1.165) is 5.57 Å². The first-order valence-electron chi connectivity index (χ1n) is 6.87. The normalized spacial score (nSPS) is 20.6. The minimum atomic E-state index is -0.180. The van der Waals surface area contributed by atoms with Gasteiger partial charge in [0.25, 0.3) is 5.91 Å². The van der Waals surface area contributed by atoms with E-state index in [4.69, 9.17) is 0 Å². The van der Waals surface area contributed by atoms with E-state index in [9.17, 15) is 4.79 Å². The standard InChI is InChI=1S/C16H24N2O/c1-15(2,3)13-7-11-8-17-9-12(11)10-18(14(13)19)16(4,5)6/h7,9H,8,10H2,1-6H3. The molecule has 2 heterocycles. The average molecular weight is 260 g/mol. The molecule has 0 aromatic carbocycles. The quantitative estimate of drug-likeness (QED) is 0.659. The highest BCUT2D eigenvalue weighted by atomic mass is 16.2. The Morgan fingerprint density at radius 3 is 2.26 bits per heavy atom. The maximum atomic E-state index is 12.9. The number of amides is 1. The van der Waals surface area contributed by atoms with Gasteiger partial charge in [-0.25, -0.2) is 0 Å². The molecule has 3 heteroatoms. The first kappa shape index (κ1) is 14.0. The van der Waals surface area contributed by atoms with Gasteiger partial charge in [-0.15, -0.1) is 0 Å². The van der Waals surface area contributed by atoms with Crippen LogP contribution in [0.15, 0.2) is 27.8 Å². The Labute approximate surface area is 116 Å². The van der Waals surface area contributed by atoms with Crippen LogP contribution in [0.4, 0.5) is 0 Å². The second-order valence-corrected chi connectivity index (χ2v) is 7.39. The number of hydrogen-bond acceptors (Lipinski definition) is 2. The van der Waals surface area contributed by atoms with Crippen molar-refractivity contribution in [2.24, 2.45) is 10.4 Å². The summed E-state index contributed by atoms with van der Waals surface area (Å²) < 4.78 is 0. The van der Waals surface area contributed by atoms with Crippen LogP contribution in [0, 0.1) is 5.41 Å². The molecule has 0 atom stereocenters. The van der Waals surface area contributed by atoms with Crippen LogP contribution in [0.25, 0.3) is 0 Å². The molecule has 2 aliphatic heterocycles. The monoisotopic (exact) mass is 260 g/mol. The van der Waals surface area contributed by atoms with Crippen LogP contribution in [0.5, 0.6) is 0 Å². The Kier molecular flexibility index (Phi) is 3.20. The highest BCUT2D eigenvalue weighted by Gasteiger charge is 2.36. The maximum absolute atomic E-state index is 12.9. The molecule has 0 saturated heterocycles. The van der Waals surface area contributed by atoms with Crippen LogP contribution in [0.1, 0.15) is 41.5 Å². The van der Waals surface area contributed by atoms with E-state index in [2.05, 4.69) is 52.6 Å². The number of nitrogens with zero attached hydrogens (tertiary/aromatic N) is 2. The van der Waals surface area contributed by atoms with Crippen molar-refractivity contribution in [3.63, 3.8) is 0 Å². The largest absolute Gasteiger partial charge is 0.330 e. The minimum absolute atomic E-state index is 0.147. The molecule has 0 bridgehead atoms. The summed E-state index contributed by atoms with van der Waals surface area (Å²) in [5.41, 5.74) is 2.94. The molecule has 0 unspecified atom stereocenters.